The first-order chi connectivity index (χ1) is 20.6. The van der Waals surface area contributed by atoms with Gasteiger partial charge in [-0.05, 0) is 44.4 Å². The Balaban J connectivity index is 1.29. The molecule has 0 spiro atoms. The van der Waals surface area contributed by atoms with Crippen molar-refractivity contribution >= 4 is 50.6 Å². The third-order valence-corrected chi connectivity index (χ3v) is 9.19. The Bertz CT molecular complexity index is 1680. The van der Waals surface area contributed by atoms with Crippen LogP contribution < -0.4 is 20.5 Å². The molecule has 4 heterocycles. The minimum Gasteiger partial charge on any atom is -0.446 e. The number of ketones is 1. The van der Waals surface area contributed by atoms with E-state index in [0.717, 1.165) is 35.7 Å². The Morgan fingerprint density at radius 3 is 2.44 bits per heavy atom. The molecule has 2 fully saturated rings. The van der Waals surface area contributed by atoms with Gasteiger partial charge in [-0.25, -0.2) is 19.5 Å². The van der Waals surface area contributed by atoms with E-state index in [4.69, 9.17) is 5.11 Å². The van der Waals surface area contributed by atoms with Crippen molar-refractivity contribution in [3.05, 3.63) is 46.0 Å². The minimum atomic E-state index is -4.07. The largest absolute Gasteiger partial charge is 0.446 e. The van der Waals surface area contributed by atoms with Crippen LogP contribution in [-0.2, 0) is 14.9 Å². The number of rotatable bonds is 9. The highest BCUT2D eigenvalue weighted by molar-refractivity contribution is 7.87. The summed E-state index contributed by atoms with van der Waals surface area (Å²) < 4.78 is 34.1. The van der Waals surface area contributed by atoms with Crippen LogP contribution in [0.5, 0.6) is 0 Å². The molecular weight excluding hydrogens is 580 g/mol. The summed E-state index contributed by atoms with van der Waals surface area (Å²) in [5.41, 5.74) is 1.69. The molecule has 1 aliphatic heterocycles. The Morgan fingerprint density at radius 2 is 1.81 bits per heavy atom. The molecule has 43 heavy (non-hydrogen) atoms. The average molecular weight is 615 g/mol. The molecule has 0 unspecified atom stereocenters. The highest BCUT2D eigenvalue weighted by Gasteiger charge is 2.29. The Labute approximate surface area is 248 Å². The van der Waals surface area contributed by atoms with Crippen LogP contribution >= 0.6 is 0 Å². The molecule has 230 valence electrons. The molecule has 15 nitrogen and oxygen atoms in total. The molecule has 5 rings (SSSR count). The zero-order valence-corrected chi connectivity index (χ0v) is 24.8. The number of aromatic nitrogens is 4. The number of carbonyl (C=O) groups is 2. The molecule has 0 aromatic carbocycles. The van der Waals surface area contributed by atoms with Crippen LogP contribution in [0.3, 0.4) is 0 Å². The maximum absolute atomic E-state index is 13.4. The molecule has 1 saturated heterocycles. The number of fused-ring (bicyclic) bond motifs is 1. The number of aliphatic hydroxyl groups excluding tert-OH is 1. The lowest BCUT2D eigenvalue weighted by molar-refractivity contribution is 0.101. The van der Waals surface area contributed by atoms with Gasteiger partial charge in [0.25, 0.3) is 5.56 Å². The van der Waals surface area contributed by atoms with E-state index in [9.17, 15) is 22.8 Å². The second-order valence-corrected chi connectivity index (χ2v) is 12.2. The van der Waals surface area contributed by atoms with Crippen LogP contribution in [0.1, 0.15) is 54.6 Å². The van der Waals surface area contributed by atoms with Crippen molar-refractivity contribution in [3.8, 4) is 0 Å². The van der Waals surface area contributed by atoms with E-state index in [1.54, 1.807) is 30.0 Å². The molecular formula is C27H34N8O7S. The van der Waals surface area contributed by atoms with Crippen molar-refractivity contribution in [1.82, 2.24) is 28.5 Å². The van der Waals surface area contributed by atoms with Crippen LogP contribution in [0.2, 0.25) is 0 Å². The van der Waals surface area contributed by atoms with Gasteiger partial charge < -0.3 is 20.1 Å². The van der Waals surface area contributed by atoms with Gasteiger partial charge in [-0.1, -0.05) is 12.8 Å². The van der Waals surface area contributed by atoms with E-state index in [0.29, 0.717) is 35.5 Å². The van der Waals surface area contributed by atoms with Gasteiger partial charge in [-0.3, -0.25) is 14.2 Å². The number of amides is 1. The molecule has 3 aromatic rings. The van der Waals surface area contributed by atoms with E-state index >= 15 is 0 Å². The smallest absolute Gasteiger partial charge is 0.422 e. The maximum atomic E-state index is 13.4. The van der Waals surface area contributed by atoms with E-state index in [-0.39, 0.29) is 48.6 Å². The van der Waals surface area contributed by atoms with Gasteiger partial charge in [0.05, 0.1) is 24.1 Å². The van der Waals surface area contributed by atoms with Crippen LogP contribution in [0.15, 0.2) is 29.3 Å². The van der Waals surface area contributed by atoms with Crippen LogP contribution in [0.4, 0.5) is 22.2 Å². The summed E-state index contributed by atoms with van der Waals surface area (Å²) in [6.45, 7) is 3.46. The van der Waals surface area contributed by atoms with Crippen molar-refractivity contribution in [2.45, 2.75) is 45.6 Å². The van der Waals surface area contributed by atoms with Gasteiger partial charge in [0, 0.05) is 43.8 Å². The third-order valence-electron chi connectivity index (χ3n) is 7.72. The standard InChI is InChI=1S/C27H34N8O7S/c1-17-21-16-29-26(31-24(21)35(19-5-3-4-6-19)25(38)23(17)18(2)37)30-22-8-7-20(15-28-22)33-9-11-34(12-10-33)43(40,41)32-27(39)42-14-13-36/h7-8,15-16,19,36H,3-6,9-14H2,1-2H3,(H,32,39)(H,28,29,30,31). The predicted molar refractivity (Wildman–Crippen MR) is 158 cm³/mol. The number of hydrogen-bond acceptors (Lipinski definition) is 12. The summed E-state index contributed by atoms with van der Waals surface area (Å²) >= 11 is 0. The first-order valence-corrected chi connectivity index (χ1v) is 15.5. The number of nitrogens with one attached hydrogen (secondary N) is 2. The lowest BCUT2D eigenvalue weighted by atomic mass is 10.0. The topological polar surface area (TPSA) is 189 Å². The van der Waals surface area contributed by atoms with E-state index in [1.807, 2.05) is 15.7 Å². The number of carbonyl (C=O) groups excluding carboxylic acids is 2. The molecule has 0 radical (unpaired) electrons. The van der Waals surface area contributed by atoms with Crippen LogP contribution in [0, 0.1) is 6.92 Å². The van der Waals surface area contributed by atoms with Crippen LogP contribution in [0.25, 0.3) is 11.0 Å². The zero-order chi connectivity index (χ0) is 30.7. The summed E-state index contributed by atoms with van der Waals surface area (Å²) in [6.07, 6.45) is 5.85. The highest BCUT2D eigenvalue weighted by atomic mass is 32.2. The zero-order valence-electron chi connectivity index (χ0n) is 23.9. The van der Waals surface area contributed by atoms with Gasteiger partial charge in [-0.2, -0.15) is 17.7 Å². The Hall–Kier alpha value is -4.15. The molecule has 3 N–H and O–H groups in total. The summed E-state index contributed by atoms with van der Waals surface area (Å²) in [6, 6.07) is 3.56. The fourth-order valence-corrected chi connectivity index (χ4v) is 6.64. The Morgan fingerprint density at radius 1 is 1.09 bits per heavy atom. The second kappa shape index (κ2) is 12.6. The normalized spacial score (nSPS) is 16.4. The van der Waals surface area contributed by atoms with Gasteiger partial charge >= 0.3 is 16.3 Å². The first-order valence-electron chi connectivity index (χ1n) is 14.1. The summed E-state index contributed by atoms with van der Waals surface area (Å²) in [5.74, 6) is 0.459. The van der Waals surface area contributed by atoms with Crippen molar-refractivity contribution in [2.75, 3.05) is 49.6 Å². The lowest BCUT2D eigenvalue weighted by Gasteiger charge is -2.34. The first kappa shape index (κ1) is 30.3. The predicted octanol–water partition coefficient (Wildman–Crippen LogP) is 1.64. The summed E-state index contributed by atoms with van der Waals surface area (Å²) in [7, 11) is -4.07. The maximum Gasteiger partial charge on any atom is 0.422 e. The van der Waals surface area contributed by atoms with E-state index < -0.39 is 22.9 Å². The average Bonchev–Trinajstić information content (AvgIpc) is 3.51. The fraction of sp³-hybridized carbons (Fsp3) is 0.481. The van der Waals surface area contributed by atoms with Crippen molar-refractivity contribution in [3.63, 3.8) is 0 Å². The number of aliphatic hydroxyl groups is 1. The number of aryl methyl sites for hydroxylation is 1. The second-order valence-electron chi connectivity index (χ2n) is 10.5. The van der Waals surface area contributed by atoms with Gasteiger partial charge in [0.2, 0.25) is 5.95 Å². The third kappa shape index (κ3) is 6.45. The number of anilines is 3. The molecule has 3 aromatic heterocycles. The lowest BCUT2D eigenvalue weighted by Crippen LogP contribution is -2.53. The molecule has 1 aliphatic carbocycles. The van der Waals surface area contributed by atoms with Crippen LogP contribution in [-0.4, -0.2) is 88.6 Å². The number of Topliss-reactive ketones (excluding diaryl/α,β-unsaturated/α-hetero) is 1. The number of ether oxygens (including phenoxy) is 1. The van der Waals surface area contributed by atoms with Crippen molar-refractivity contribution in [1.29, 1.82) is 0 Å². The monoisotopic (exact) mass is 614 g/mol. The van der Waals surface area contributed by atoms with Crippen molar-refractivity contribution in [2.24, 2.45) is 0 Å². The number of nitrogens with zero attached hydrogens (tertiary/aromatic N) is 6. The van der Waals surface area contributed by atoms with Gasteiger partial charge in [0.15, 0.2) is 5.78 Å². The molecule has 16 heteroatoms. The quantitative estimate of drug-likeness (QED) is 0.296. The van der Waals surface area contributed by atoms with Crippen molar-refractivity contribution < 1.29 is 27.9 Å². The van der Waals surface area contributed by atoms with Gasteiger partial charge in [0.1, 0.15) is 18.1 Å². The number of hydrogen-bond donors (Lipinski definition) is 3. The SMILES string of the molecule is CC(=O)c1c(C)c2cnc(Nc3ccc(N4CCN(S(=O)(=O)NC(=O)OCCO)CC4)cn3)nc2n(C2CCCC2)c1=O. The van der Waals surface area contributed by atoms with Gasteiger partial charge in [-0.15, -0.1) is 0 Å². The highest BCUT2D eigenvalue weighted by Crippen LogP contribution is 2.32. The Kier molecular flexibility index (Phi) is 8.89. The molecule has 1 saturated carbocycles. The molecule has 0 bridgehead atoms. The summed E-state index contributed by atoms with van der Waals surface area (Å²) in [4.78, 5) is 52.9. The van der Waals surface area contributed by atoms with E-state index in [1.165, 1.54) is 6.92 Å². The number of piperazine rings is 1. The molecule has 1 amide bonds. The van der Waals surface area contributed by atoms with E-state index in [2.05, 4.69) is 25.0 Å². The minimum absolute atomic E-state index is 0.0276. The number of pyridine rings is 2. The summed E-state index contributed by atoms with van der Waals surface area (Å²) in [5, 5.41) is 12.5. The molecule has 0 atom stereocenters. The fourth-order valence-electron chi connectivity index (χ4n) is 5.59. The molecule has 2 aliphatic rings.